The van der Waals surface area contributed by atoms with Crippen molar-refractivity contribution >= 4 is 33.5 Å². The van der Waals surface area contributed by atoms with E-state index in [1.54, 1.807) is 17.7 Å². The summed E-state index contributed by atoms with van der Waals surface area (Å²) < 4.78 is 13.7. The minimum Gasteiger partial charge on any atom is -0.497 e. The lowest BCUT2D eigenvalue weighted by molar-refractivity contribution is -0.116. The maximum atomic E-state index is 13.6. The van der Waals surface area contributed by atoms with Crippen LogP contribution in [0.25, 0.3) is 21.9 Å². The summed E-state index contributed by atoms with van der Waals surface area (Å²) in [6.07, 6.45) is 3.00. The highest BCUT2D eigenvalue weighted by atomic mass is 16.5. The molecule has 1 amide bonds. The average Bonchev–Trinajstić information content (AvgIpc) is 3.48. The topological polar surface area (TPSA) is 117 Å². The van der Waals surface area contributed by atoms with Crippen LogP contribution in [-0.4, -0.2) is 37.3 Å². The molecule has 0 spiro atoms. The Bertz CT molecular complexity index is 1610. The first kappa shape index (κ1) is 23.3. The molecule has 3 heterocycles. The Kier molecular flexibility index (Phi) is 6.24. The molecule has 184 valence electrons. The van der Waals surface area contributed by atoms with Crippen molar-refractivity contribution in [2.75, 3.05) is 12.4 Å². The second-order valence-electron chi connectivity index (χ2n) is 8.40. The van der Waals surface area contributed by atoms with Gasteiger partial charge in [0.2, 0.25) is 11.8 Å². The first-order valence-corrected chi connectivity index (χ1v) is 11.8. The molecule has 1 N–H and O–H groups in total. The van der Waals surface area contributed by atoms with Gasteiger partial charge in [-0.3, -0.25) is 14.2 Å². The molecule has 0 saturated carbocycles. The normalized spacial score (nSPS) is 11.3. The number of rotatable bonds is 8. The van der Waals surface area contributed by atoms with E-state index in [1.165, 1.54) is 16.5 Å². The van der Waals surface area contributed by atoms with E-state index in [0.717, 1.165) is 11.8 Å². The zero-order valence-corrected chi connectivity index (χ0v) is 20.3. The number of hydrogen-bond acceptors (Lipinski definition) is 7. The summed E-state index contributed by atoms with van der Waals surface area (Å²) in [5.74, 6) is 1.25. The molecule has 0 unspecified atom stereocenters. The molecule has 0 radical (unpaired) electrons. The van der Waals surface area contributed by atoms with Gasteiger partial charge in [0.05, 0.1) is 19.0 Å². The highest BCUT2D eigenvalue weighted by Crippen LogP contribution is 2.29. The van der Waals surface area contributed by atoms with Crippen molar-refractivity contribution in [3.63, 3.8) is 0 Å². The summed E-state index contributed by atoms with van der Waals surface area (Å²) >= 11 is 0. The van der Waals surface area contributed by atoms with Gasteiger partial charge in [0.15, 0.2) is 5.82 Å². The van der Waals surface area contributed by atoms with Crippen LogP contribution in [0.15, 0.2) is 58.1 Å². The highest BCUT2D eigenvalue weighted by Gasteiger charge is 2.20. The molecule has 3 aromatic heterocycles. The number of fused-ring (bicyclic) bond motifs is 3. The van der Waals surface area contributed by atoms with Crippen LogP contribution in [0, 0.1) is 0 Å². The number of hydrogen-bond donors (Lipinski definition) is 1. The maximum absolute atomic E-state index is 13.6. The third kappa shape index (κ3) is 4.33. The number of carbonyl (C=O) groups excluding carboxylic acids is 1. The Morgan fingerprint density at radius 1 is 1.11 bits per heavy atom. The van der Waals surface area contributed by atoms with Gasteiger partial charge in [-0.2, -0.15) is 4.98 Å². The first-order valence-electron chi connectivity index (χ1n) is 11.8. The third-order valence-electron chi connectivity index (χ3n) is 6.11. The number of aromatic nitrogens is 5. The predicted molar refractivity (Wildman–Crippen MR) is 135 cm³/mol. The fourth-order valence-electron chi connectivity index (χ4n) is 4.19. The van der Waals surface area contributed by atoms with Crippen LogP contribution in [-0.2, 0) is 30.7 Å². The largest absolute Gasteiger partial charge is 0.497 e. The Morgan fingerprint density at radius 3 is 2.61 bits per heavy atom. The van der Waals surface area contributed by atoms with E-state index in [0.29, 0.717) is 46.1 Å². The first-order chi connectivity index (χ1) is 17.5. The fraction of sp³-hybridized carbons (Fsp3) is 0.269. The van der Waals surface area contributed by atoms with Crippen LogP contribution in [0.2, 0.25) is 0 Å². The number of carbonyl (C=O) groups is 1. The van der Waals surface area contributed by atoms with Crippen molar-refractivity contribution in [3.05, 3.63) is 76.4 Å². The molecular formula is C26H26N6O4. The molecule has 10 nitrogen and oxygen atoms in total. The monoisotopic (exact) mass is 486 g/mol. The second-order valence-corrected chi connectivity index (χ2v) is 8.40. The van der Waals surface area contributed by atoms with Crippen LogP contribution < -0.4 is 15.6 Å². The summed E-state index contributed by atoms with van der Waals surface area (Å²) in [4.78, 5) is 35.5. The molecule has 5 rings (SSSR count). The molecule has 0 bridgehead atoms. The number of methoxy groups -OCH3 is 1. The number of anilines is 1. The van der Waals surface area contributed by atoms with Crippen LogP contribution in [0.4, 0.5) is 5.69 Å². The van der Waals surface area contributed by atoms with E-state index >= 15 is 0 Å². The molecule has 36 heavy (non-hydrogen) atoms. The number of nitrogens with one attached hydrogen (secondary N) is 1. The van der Waals surface area contributed by atoms with E-state index < -0.39 is 0 Å². The summed E-state index contributed by atoms with van der Waals surface area (Å²) in [5, 5.41) is 7.53. The zero-order chi connectivity index (χ0) is 25.2. The van der Waals surface area contributed by atoms with Crippen LogP contribution in [0.3, 0.4) is 0 Å². The van der Waals surface area contributed by atoms with Crippen LogP contribution in [0.1, 0.15) is 31.1 Å². The van der Waals surface area contributed by atoms with Gasteiger partial charge in [0.25, 0.3) is 5.56 Å². The van der Waals surface area contributed by atoms with Gasteiger partial charge in [-0.15, -0.1) is 0 Å². The SMILES string of the molecule is CCc1ccc(NC(=O)Cn2c3ccc(OC)cc3c3ncn(Cc4nc(CC)no4)c(=O)c32)cc1. The van der Waals surface area contributed by atoms with Crippen LogP contribution >= 0.6 is 0 Å². The van der Waals surface area contributed by atoms with E-state index in [1.807, 2.05) is 43.3 Å². The number of amides is 1. The highest BCUT2D eigenvalue weighted by molar-refractivity contribution is 6.07. The minimum absolute atomic E-state index is 0.0661. The quantitative estimate of drug-likeness (QED) is 0.356. The van der Waals surface area contributed by atoms with Crippen molar-refractivity contribution in [3.8, 4) is 5.75 Å². The van der Waals surface area contributed by atoms with Gasteiger partial charge in [-0.05, 0) is 42.3 Å². The lowest BCUT2D eigenvalue weighted by Gasteiger charge is -2.10. The van der Waals surface area contributed by atoms with Gasteiger partial charge >= 0.3 is 0 Å². The Hall–Kier alpha value is -4.47. The summed E-state index contributed by atoms with van der Waals surface area (Å²) in [6, 6.07) is 13.1. The van der Waals surface area contributed by atoms with Crippen molar-refractivity contribution in [1.82, 2.24) is 24.3 Å². The van der Waals surface area contributed by atoms with E-state index in [9.17, 15) is 9.59 Å². The number of benzene rings is 2. The summed E-state index contributed by atoms with van der Waals surface area (Å²) in [7, 11) is 1.58. The van der Waals surface area contributed by atoms with E-state index in [-0.39, 0.29) is 24.6 Å². The number of nitrogens with zero attached hydrogens (tertiary/aromatic N) is 5. The summed E-state index contributed by atoms with van der Waals surface area (Å²) in [5.41, 5.74) is 3.07. The van der Waals surface area contributed by atoms with E-state index in [4.69, 9.17) is 9.26 Å². The van der Waals surface area contributed by atoms with Gasteiger partial charge in [-0.1, -0.05) is 31.1 Å². The van der Waals surface area contributed by atoms with Gasteiger partial charge in [0.1, 0.15) is 29.9 Å². The summed E-state index contributed by atoms with van der Waals surface area (Å²) in [6.45, 7) is 4.01. The minimum atomic E-state index is -0.313. The Morgan fingerprint density at radius 2 is 1.92 bits per heavy atom. The van der Waals surface area contributed by atoms with Gasteiger partial charge in [0, 0.05) is 17.5 Å². The van der Waals surface area contributed by atoms with Crippen molar-refractivity contribution in [1.29, 1.82) is 0 Å². The molecule has 0 saturated heterocycles. The van der Waals surface area contributed by atoms with Gasteiger partial charge in [-0.25, -0.2) is 4.98 Å². The molecular weight excluding hydrogens is 460 g/mol. The molecule has 2 aromatic carbocycles. The number of ether oxygens (including phenoxy) is 1. The fourth-order valence-corrected chi connectivity index (χ4v) is 4.19. The molecule has 10 heteroatoms. The second kappa shape index (κ2) is 9.65. The molecule has 5 aromatic rings. The Balaban J connectivity index is 1.57. The lowest BCUT2D eigenvalue weighted by Crippen LogP contribution is -2.25. The van der Waals surface area contributed by atoms with Crippen molar-refractivity contribution in [2.45, 2.75) is 39.8 Å². The zero-order valence-electron chi connectivity index (χ0n) is 20.3. The van der Waals surface area contributed by atoms with Crippen molar-refractivity contribution < 1.29 is 14.1 Å². The predicted octanol–water partition coefficient (Wildman–Crippen LogP) is 3.55. The smallest absolute Gasteiger partial charge is 0.278 e. The van der Waals surface area contributed by atoms with E-state index in [2.05, 4.69) is 27.4 Å². The third-order valence-corrected chi connectivity index (χ3v) is 6.11. The maximum Gasteiger partial charge on any atom is 0.278 e. The van der Waals surface area contributed by atoms with Crippen LogP contribution in [0.5, 0.6) is 5.75 Å². The molecule has 0 fully saturated rings. The average molecular weight is 487 g/mol. The lowest BCUT2D eigenvalue weighted by atomic mass is 10.1. The molecule has 0 aliphatic rings. The Labute approximate surface area is 206 Å². The van der Waals surface area contributed by atoms with Crippen molar-refractivity contribution in [2.24, 2.45) is 0 Å². The number of aryl methyl sites for hydroxylation is 2. The molecule has 0 atom stereocenters. The molecule has 0 aliphatic heterocycles. The molecule has 0 aliphatic carbocycles. The van der Waals surface area contributed by atoms with Gasteiger partial charge < -0.3 is 19.1 Å². The standard InChI is InChI=1S/C26H26N6O4/c1-4-16-6-8-17(9-7-16)28-22(33)13-32-20-11-10-18(35-3)12-19(20)24-25(32)26(34)31(15-27-24)14-23-29-21(5-2)30-36-23/h6-12,15H,4-5,13-14H2,1-3H3,(H,28,33).